The number of halogens is 2. The fourth-order valence-corrected chi connectivity index (χ4v) is 1.48. The third-order valence-electron chi connectivity index (χ3n) is 2.36. The molecule has 0 saturated carbocycles. The lowest BCUT2D eigenvalue weighted by molar-refractivity contribution is -0.136. The molecule has 0 spiro atoms. The molecule has 0 radical (unpaired) electrons. The van der Waals surface area contributed by atoms with Crippen LogP contribution in [0.5, 0.6) is 0 Å². The van der Waals surface area contributed by atoms with Gasteiger partial charge in [-0.05, 0) is 23.6 Å². The maximum absolute atomic E-state index is 12.6. The molecule has 0 fully saturated rings. The Morgan fingerprint density at radius 3 is 2.69 bits per heavy atom. The van der Waals surface area contributed by atoms with Crippen LogP contribution >= 0.6 is 0 Å². The van der Waals surface area contributed by atoms with Gasteiger partial charge >= 0.3 is 5.97 Å². The second-order valence-corrected chi connectivity index (χ2v) is 3.35. The van der Waals surface area contributed by atoms with Crippen molar-refractivity contribution in [2.45, 2.75) is 26.3 Å². The highest BCUT2D eigenvalue weighted by atomic mass is 19.3. The average molecular weight is 230 g/mol. The van der Waals surface area contributed by atoms with Crippen molar-refractivity contribution >= 4 is 5.97 Å². The quantitative estimate of drug-likeness (QED) is 0.820. The first kappa shape index (κ1) is 12.5. The van der Waals surface area contributed by atoms with E-state index in [1.165, 1.54) is 6.20 Å². The molecule has 1 heterocycles. The highest BCUT2D eigenvalue weighted by molar-refractivity contribution is 5.71. The fraction of sp³-hybridized carbons (Fsp3) is 0.400. The van der Waals surface area contributed by atoms with Crippen LogP contribution in [0, 0.1) is 6.92 Å². The maximum Gasteiger partial charge on any atom is 0.307 e. The van der Waals surface area contributed by atoms with Gasteiger partial charge in [0.25, 0.3) is 6.43 Å². The van der Waals surface area contributed by atoms with Gasteiger partial charge in [0.1, 0.15) is 5.69 Å². The predicted molar refractivity (Wildman–Crippen MR) is 53.2 cm³/mol. The molecule has 3 N–H and O–H groups in total. The number of aromatic nitrogens is 1. The van der Waals surface area contributed by atoms with Crippen molar-refractivity contribution in [2.75, 3.05) is 0 Å². The van der Waals surface area contributed by atoms with Gasteiger partial charge in [0, 0.05) is 12.7 Å². The first-order valence-electron chi connectivity index (χ1n) is 4.64. The summed E-state index contributed by atoms with van der Waals surface area (Å²) in [6.45, 7) is 1.73. The number of carbonyl (C=O) groups is 1. The molecular formula is C10H12F2N2O2. The third kappa shape index (κ3) is 2.52. The number of hydrogen-bond donors (Lipinski definition) is 2. The molecule has 0 saturated heterocycles. The van der Waals surface area contributed by atoms with Crippen molar-refractivity contribution in [2.24, 2.45) is 5.73 Å². The van der Waals surface area contributed by atoms with Gasteiger partial charge in [-0.3, -0.25) is 9.78 Å². The van der Waals surface area contributed by atoms with E-state index in [1.807, 2.05) is 0 Å². The molecule has 16 heavy (non-hydrogen) atoms. The van der Waals surface area contributed by atoms with E-state index in [0.29, 0.717) is 11.1 Å². The lowest BCUT2D eigenvalue weighted by Gasteiger charge is -2.12. The Kier molecular flexibility index (Phi) is 3.89. The molecule has 4 nitrogen and oxygen atoms in total. The van der Waals surface area contributed by atoms with Crippen molar-refractivity contribution in [3.05, 3.63) is 28.6 Å². The SMILES string of the molecule is Cc1c(CN)cnc(C(F)F)c1CC(=O)O. The van der Waals surface area contributed by atoms with E-state index < -0.39 is 24.5 Å². The molecule has 0 aliphatic heterocycles. The summed E-state index contributed by atoms with van der Waals surface area (Å²) in [5, 5.41) is 8.66. The number of aliphatic carboxylic acids is 1. The summed E-state index contributed by atoms with van der Waals surface area (Å²) in [5.41, 5.74) is 6.05. The smallest absolute Gasteiger partial charge is 0.307 e. The van der Waals surface area contributed by atoms with Gasteiger partial charge in [0.05, 0.1) is 6.42 Å². The maximum atomic E-state index is 12.6. The van der Waals surface area contributed by atoms with Gasteiger partial charge in [0.15, 0.2) is 0 Å². The van der Waals surface area contributed by atoms with Crippen LogP contribution < -0.4 is 5.73 Å². The molecule has 88 valence electrons. The largest absolute Gasteiger partial charge is 0.481 e. The molecule has 0 unspecified atom stereocenters. The van der Waals surface area contributed by atoms with Crippen molar-refractivity contribution in [3.63, 3.8) is 0 Å². The van der Waals surface area contributed by atoms with Gasteiger partial charge < -0.3 is 10.8 Å². The summed E-state index contributed by atoms with van der Waals surface area (Å²) in [4.78, 5) is 14.2. The van der Waals surface area contributed by atoms with E-state index in [1.54, 1.807) is 6.92 Å². The molecule has 0 aliphatic carbocycles. The molecular weight excluding hydrogens is 218 g/mol. The first-order valence-corrected chi connectivity index (χ1v) is 4.64. The molecule has 0 aromatic carbocycles. The second kappa shape index (κ2) is 4.98. The Bertz CT molecular complexity index is 408. The van der Waals surface area contributed by atoms with E-state index in [0.717, 1.165) is 0 Å². The van der Waals surface area contributed by atoms with Crippen LogP contribution in [0.2, 0.25) is 0 Å². The standard InChI is InChI=1S/C10H12F2N2O2/c1-5-6(3-13)4-14-9(10(11)12)7(5)2-8(15)16/h4,10H,2-3,13H2,1H3,(H,15,16). The molecule has 0 amide bonds. The van der Waals surface area contributed by atoms with Crippen LogP contribution in [-0.2, 0) is 17.8 Å². The number of alkyl halides is 2. The number of carboxylic acid groups (broad SMARTS) is 1. The normalized spacial score (nSPS) is 10.8. The Hall–Kier alpha value is -1.56. The summed E-state index contributed by atoms with van der Waals surface area (Å²) in [6.07, 6.45) is -1.98. The Labute approximate surface area is 91.1 Å². The van der Waals surface area contributed by atoms with E-state index in [2.05, 4.69) is 4.98 Å². The van der Waals surface area contributed by atoms with Crippen LogP contribution in [0.3, 0.4) is 0 Å². The highest BCUT2D eigenvalue weighted by Gasteiger charge is 2.20. The number of nitrogens with zero attached hydrogens (tertiary/aromatic N) is 1. The van der Waals surface area contributed by atoms with Crippen LogP contribution in [0.15, 0.2) is 6.20 Å². The Balaban J connectivity index is 3.30. The van der Waals surface area contributed by atoms with E-state index in [9.17, 15) is 13.6 Å². The summed E-state index contributed by atoms with van der Waals surface area (Å²) in [5.74, 6) is -1.17. The number of rotatable bonds is 4. The zero-order valence-corrected chi connectivity index (χ0v) is 8.70. The second-order valence-electron chi connectivity index (χ2n) is 3.35. The summed E-state index contributed by atoms with van der Waals surface area (Å²) in [7, 11) is 0. The number of carboxylic acids is 1. The van der Waals surface area contributed by atoms with E-state index >= 15 is 0 Å². The monoisotopic (exact) mass is 230 g/mol. The van der Waals surface area contributed by atoms with Crippen molar-refractivity contribution in [1.29, 1.82) is 0 Å². The van der Waals surface area contributed by atoms with Crippen molar-refractivity contribution in [3.8, 4) is 0 Å². The molecule has 1 rings (SSSR count). The molecule has 0 bridgehead atoms. The van der Waals surface area contributed by atoms with Crippen LogP contribution in [0.4, 0.5) is 8.78 Å². The molecule has 0 atom stereocenters. The average Bonchev–Trinajstić information content (AvgIpc) is 2.19. The van der Waals surface area contributed by atoms with Gasteiger partial charge in [-0.1, -0.05) is 0 Å². The summed E-state index contributed by atoms with van der Waals surface area (Å²) >= 11 is 0. The molecule has 0 aliphatic rings. The lowest BCUT2D eigenvalue weighted by atomic mass is 10.00. The van der Waals surface area contributed by atoms with Gasteiger partial charge in [-0.25, -0.2) is 8.78 Å². The molecule has 1 aromatic heterocycles. The van der Waals surface area contributed by atoms with Crippen LogP contribution in [0.25, 0.3) is 0 Å². The van der Waals surface area contributed by atoms with Gasteiger partial charge in [-0.15, -0.1) is 0 Å². The minimum absolute atomic E-state index is 0.0606. The zero-order chi connectivity index (χ0) is 12.3. The number of nitrogens with two attached hydrogens (primary N) is 1. The van der Waals surface area contributed by atoms with Crippen LogP contribution in [-0.4, -0.2) is 16.1 Å². The van der Waals surface area contributed by atoms with Crippen molar-refractivity contribution < 1.29 is 18.7 Å². The van der Waals surface area contributed by atoms with Crippen LogP contribution in [0.1, 0.15) is 28.8 Å². The number of hydrogen-bond acceptors (Lipinski definition) is 3. The highest BCUT2D eigenvalue weighted by Crippen LogP contribution is 2.25. The minimum atomic E-state index is -2.78. The summed E-state index contributed by atoms with van der Waals surface area (Å²) < 4.78 is 25.2. The predicted octanol–water partition coefficient (Wildman–Crippen LogP) is 1.41. The molecule has 6 heteroatoms. The topological polar surface area (TPSA) is 76.2 Å². The van der Waals surface area contributed by atoms with Gasteiger partial charge in [-0.2, -0.15) is 0 Å². The fourth-order valence-electron chi connectivity index (χ4n) is 1.48. The number of pyridine rings is 1. The first-order chi connectivity index (χ1) is 7.47. The molecule has 1 aromatic rings. The zero-order valence-electron chi connectivity index (χ0n) is 8.70. The lowest BCUT2D eigenvalue weighted by Crippen LogP contribution is -2.11. The third-order valence-corrected chi connectivity index (χ3v) is 2.36. The summed E-state index contributed by atoms with van der Waals surface area (Å²) in [6, 6.07) is 0. The Morgan fingerprint density at radius 2 is 2.25 bits per heavy atom. The van der Waals surface area contributed by atoms with Gasteiger partial charge in [0.2, 0.25) is 0 Å². The Morgan fingerprint density at radius 1 is 1.62 bits per heavy atom. The van der Waals surface area contributed by atoms with E-state index in [-0.39, 0.29) is 12.1 Å². The van der Waals surface area contributed by atoms with E-state index in [4.69, 9.17) is 10.8 Å². The minimum Gasteiger partial charge on any atom is -0.481 e. The van der Waals surface area contributed by atoms with Crippen molar-refractivity contribution in [1.82, 2.24) is 4.98 Å².